The summed E-state index contributed by atoms with van der Waals surface area (Å²) >= 11 is 0. The summed E-state index contributed by atoms with van der Waals surface area (Å²) in [6.45, 7) is 5.88. The van der Waals surface area contributed by atoms with E-state index in [1.165, 1.54) is 0 Å². The molecule has 0 heterocycles. The number of amides is 1. The molecule has 1 unspecified atom stereocenters. The van der Waals surface area contributed by atoms with E-state index in [0.717, 1.165) is 25.7 Å². The van der Waals surface area contributed by atoms with Crippen LogP contribution in [-0.2, 0) is 4.79 Å². The van der Waals surface area contributed by atoms with Crippen molar-refractivity contribution in [2.24, 2.45) is 23.0 Å². The van der Waals surface area contributed by atoms with Crippen LogP contribution < -0.4 is 11.1 Å². The van der Waals surface area contributed by atoms with E-state index in [2.05, 4.69) is 19.2 Å². The van der Waals surface area contributed by atoms with Gasteiger partial charge in [-0.25, -0.2) is 0 Å². The van der Waals surface area contributed by atoms with Gasteiger partial charge >= 0.3 is 0 Å². The zero-order valence-electron chi connectivity index (χ0n) is 11.7. The molecule has 0 spiro atoms. The molecule has 0 aromatic rings. The fourth-order valence-electron chi connectivity index (χ4n) is 2.28. The number of carbonyl (C=O) groups is 1. The SMILES string of the molecule is CC(C)C(CCN)CCC(=O)NCC1(CO)CC1. The Labute approximate surface area is 110 Å². The van der Waals surface area contributed by atoms with E-state index in [1.54, 1.807) is 0 Å². The van der Waals surface area contributed by atoms with E-state index in [9.17, 15) is 4.79 Å². The highest BCUT2D eigenvalue weighted by atomic mass is 16.3. The number of aliphatic hydroxyl groups excluding tert-OH is 1. The Kier molecular flexibility index (Phi) is 6.09. The van der Waals surface area contributed by atoms with Crippen molar-refractivity contribution >= 4 is 5.91 Å². The summed E-state index contributed by atoms with van der Waals surface area (Å²) in [7, 11) is 0. The van der Waals surface area contributed by atoms with Gasteiger partial charge in [0.2, 0.25) is 5.91 Å². The summed E-state index contributed by atoms with van der Waals surface area (Å²) in [6.07, 6.45) is 4.54. The highest BCUT2D eigenvalue weighted by molar-refractivity contribution is 5.75. The first kappa shape index (κ1) is 15.4. The molecule has 1 saturated carbocycles. The van der Waals surface area contributed by atoms with Crippen LogP contribution in [0.25, 0.3) is 0 Å². The van der Waals surface area contributed by atoms with Crippen molar-refractivity contribution in [2.75, 3.05) is 19.7 Å². The average Bonchev–Trinajstić information content (AvgIpc) is 3.12. The highest BCUT2D eigenvalue weighted by Crippen LogP contribution is 2.44. The summed E-state index contributed by atoms with van der Waals surface area (Å²) in [5.41, 5.74) is 5.59. The molecule has 0 aromatic heterocycles. The van der Waals surface area contributed by atoms with Crippen molar-refractivity contribution in [1.29, 1.82) is 0 Å². The Bertz CT molecular complexity index is 263. The lowest BCUT2D eigenvalue weighted by molar-refractivity contribution is -0.121. The minimum absolute atomic E-state index is 0.00433. The molecule has 0 saturated heterocycles. The van der Waals surface area contributed by atoms with Crippen LogP contribution in [0.4, 0.5) is 0 Å². The van der Waals surface area contributed by atoms with E-state index in [-0.39, 0.29) is 17.9 Å². The highest BCUT2D eigenvalue weighted by Gasteiger charge is 2.41. The third-order valence-electron chi connectivity index (χ3n) is 4.18. The van der Waals surface area contributed by atoms with Gasteiger partial charge in [0.05, 0.1) is 6.61 Å². The van der Waals surface area contributed by atoms with Crippen LogP contribution in [0.15, 0.2) is 0 Å². The Morgan fingerprint density at radius 3 is 2.50 bits per heavy atom. The van der Waals surface area contributed by atoms with Gasteiger partial charge in [0, 0.05) is 18.4 Å². The van der Waals surface area contributed by atoms with Crippen LogP contribution in [0.3, 0.4) is 0 Å². The van der Waals surface area contributed by atoms with Crippen molar-refractivity contribution in [3.05, 3.63) is 0 Å². The summed E-state index contributed by atoms with van der Waals surface area (Å²) in [6, 6.07) is 0. The number of hydrogen-bond acceptors (Lipinski definition) is 3. The zero-order valence-corrected chi connectivity index (χ0v) is 11.7. The molecule has 1 rings (SSSR count). The Morgan fingerprint density at radius 1 is 1.39 bits per heavy atom. The number of nitrogens with one attached hydrogen (secondary N) is 1. The van der Waals surface area contributed by atoms with Crippen LogP contribution in [0.1, 0.15) is 46.0 Å². The summed E-state index contributed by atoms with van der Waals surface area (Å²) in [5, 5.41) is 12.1. The van der Waals surface area contributed by atoms with Crippen LogP contribution >= 0.6 is 0 Å². The number of aliphatic hydroxyl groups is 1. The van der Waals surface area contributed by atoms with Crippen LogP contribution in [0.5, 0.6) is 0 Å². The number of nitrogens with two attached hydrogens (primary N) is 1. The number of hydrogen-bond donors (Lipinski definition) is 3. The standard InChI is InChI=1S/C14H28N2O2/c1-11(2)12(5-8-15)3-4-13(18)16-9-14(10-17)6-7-14/h11-12,17H,3-10,15H2,1-2H3,(H,16,18). The second-order valence-corrected chi connectivity index (χ2v) is 6.05. The smallest absolute Gasteiger partial charge is 0.220 e. The molecule has 106 valence electrons. The molecule has 1 atom stereocenters. The molecule has 1 amide bonds. The van der Waals surface area contributed by atoms with E-state index >= 15 is 0 Å². The van der Waals surface area contributed by atoms with E-state index < -0.39 is 0 Å². The molecule has 0 radical (unpaired) electrons. The fraction of sp³-hybridized carbons (Fsp3) is 0.929. The molecule has 0 aliphatic heterocycles. The minimum Gasteiger partial charge on any atom is -0.396 e. The van der Waals surface area contributed by atoms with Crippen LogP contribution in [0, 0.1) is 17.3 Å². The van der Waals surface area contributed by atoms with Gasteiger partial charge in [0.1, 0.15) is 0 Å². The fourth-order valence-corrected chi connectivity index (χ4v) is 2.28. The van der Waals surface area contributed by atoms with Crippen molar-refractivity contribution in [1.82, 2.24) is 5.32 Å². The van der Waals surface area contributed by atoms with Gasteiger partial charge in [-0.05, 0) is 44.1 Å². The lowest BCUT2D eigenvalue weighted by Crippen LogP contribution is -2.32. The topological polar surface area (TPSA) is 75.4 Å². The Hall–Kier alpha value is -0.610. The third kappa shape index (κ3) is 4.94. The molecule has 18 heavy (non-hydrogen) atoms. The van der Waals surface area contributed by atoms with Gasteiger partial charge in [-0.1, -0.05) is 13.8 Å². The first-order valence-corrected chi connectivity index (χ1v) is 7.10. The predicted octanol–water partition coefficient (Wildman–Crippen LogP) is 1.28. The van der Waals surface area contributed by atoms with E-state index in [1.807, 2.05) is 0 Å². The Balaban J connectivity index is 2.19. The first-order valence-electron chi connectivity index (χ1n) is 7.10. The molecular formula is C14H28N2O2. The molecule has 1 fully saturated rings. The molecular weight excluding hydrogens is 228 g/mol. The van der Waals surface area contributed by atoms with Crippen molar-refractivity contribution in [3.8, 4) is 0 Å². The summed E-state index contributed by atoms with van der Waals surface area (Å²) in [5.74, 6) is 1.22. The van der Waals surface area contributed by atoms with Gasteiger partial charge in [-0.3, -0.25) is 4.79 Å². The quantitative estimate of drug-likeness (QED) is 0.581. The van der Waals surface area contributed by atoms with Crippen molar-refractivity contribution < 1.29 is 9.90 Å². The second kappa shape index (κ2) is 7.10. The second-order valence-electron chi connectivity index (χ2n) is 6.05. The lowest BCUT2D eigenvalue weighted by Gasteiger charge is -2.20. The molecule has 4 N–H and O–H groups in total. The largest absolute Gasteiger partial charge is 0.396 e. The molecule has 4 nitrogen and oxygen atoms in total. The lowest BCUT2D eigenvalue weighted by atomic mass is 9.88. The Morgan fingerprint density at radius 2 is 2.06 bits per heavy atom. The van der Waals surface area contributed by atoms with Gasteiger partial charge in [-0.15, -0.1) is 0 Å². The van der Waals surface area contributed by atoms with Gasteiger partial charge < -0.3 is 16.2 Å². The summed E-state index contributed by atoms with van der Waals surface area (Å²) in [4.78, 5) is 11.7. The molecule has 0 bridgehead atoms. The number of carbonyl (C=O) groups excluding carboxylic acids is 1. The number of rotatable bonds is 9. The molecule has 1 aliphatic rings. The van der Waals surface area contributed by atoms with Gasteiger partial charge in [0.15, 0.2) is 0 Å². The maximum atomic E-state index is 11.7. The maximum absolute atomic E-state index is 11.7. The van der Waals surface area contributed by atoms with Gasteiger partial charge in [-0.2, -0.15) is 0 Å². The molecule has 1 aliphatic carbocycles. The average molecular weight is 256 g/mol. The molecule has 4 heteroatoms. The van der Waals surface area contributed by atoms with E-state index in [0.29, 0.717) is 31.3 Å². The maximum Gasteiger partial charge on any atom is 0.220 e. The summed E-state index contributed by atoms with van der Waals surface area (Å²) < 4.78 is 0. The van der Waals surface area contributed by atoms with Crippen molar-refractivity contribution in [2.45, 2.75) is 46.0 Å². The zero-order chi connectivity index (χ0) is 13.6. The van der Waals surface area contributed by atoms with Crippen LogP contribution in [-0.4, -0.2) is 30.7 Å². The first-order chi connectivity index (χ1) is 8.53. The monoisotopic (exact) mass is 256 g/mol. The van der Waals surface area contributed by atoms with Gasteiger partial charge in [0.25, 0.3) is 0 Å². The van der Waals surface area contributed by atoms with E-state index in [4.69, 9.17) is 10.8 Å². The molecule has 0 aromatic carbocycles. The normalized spacial score (nSPS) is 18.7. The van der Waals surface area contributed by atoms with Crippen molar-refractivity contribution in [3.63, 3.8) is 0 Å². The predicted molar refractivity (Wildman–Crippen MR) is 73.0 cm³/mol. The third-order valence-corrected chi connectivity index (χ3v) is 4.18. The minimum atomic E-state index is 0.00433. The van der Waals surface area contributed by atoms with Crippen LogP contribution in [0.2, 0.25) is 0 Å².